The van der Waals surface area contributed by atoms with E-state index in [-0.39, 0.29) is 0 Å². The van der Waals surface area contributed by atoms with E-state index >= 15 is 0 Å². The Bertz CT molecular complexity index is 386. The largest absolute Gasteiger partial charge is 0.317 e. The van der Waals surface area contributed by atoms with Crippen LogP contribution >= 0.6 is 11.3 Å². The van der Waals surface area contributed by atoms with Crippen LogP contribution in [0.25, 0.3) is 4.96 Å². The third kappa shape index (κ3) is 1.93. The van der Waals surface area contributed by atoms with E-state index in [9.17, 15) is 0 Å². The highest BCUT2D eigenvalue weighted by molar-refractivity contribution is 7.16. The van der Waals surface area contributed by atoms with Gasteiger partial charge in [-0.15, -0.1) is 0 Å². The molecule has 2 rings (SSSR count). The fourth-order valence-corrected chi connectivity index (χ4v) is 2.10. The SMILES string of the molecule is CCNCCc1cn2nc(C)sc2n1. The molecule has 0 aliphatic carbocycles. The summed E-state index contributed by atoms with van der Waals surface area (Å²) in [4.78, 5) is 5.48. The molecule has 0 bridgehead atoms. The van der Waals surface area contributed by atoms with Gasteiger partial charge in [0.05, 0.1) is 11.9 Å². The van der Waals surface area contributed by atoms with E-state index in [1.165, 1.54) is 0 Å². The summed E-state index contributed by atoms with van der Waals surface area (Å²) in [6, 6.07) is 0. The van der Waals surface area contributed by atoms with Crippen LogP contribution in [0, 0.1) is 6.92 Å². The lowest BCUT2D eigenvalue weighted by Gasteiger charge is -1.96. The number of nitrogens with one attached hydrogen (secondary N) is 1. The number of aromatic nitrogens is 3. The van der Waals surface area contributed by atoms with Gasteiger partial charge in [-0.3, -0.25) is 0 Å². The van der Waals surface area contributed by atoms with E-state index < -0.39 is 0 Å². The number of nitrogens with zero attached hydrogens (tertiary/aromatic N) is 3. The predicted octanol–water partition coefficient (Wildman–Crippen LogP) is 1.25. The van der Waals surface area contributed by atoms with Crippen LogP contribution < -0.4 is 5.32 Å². The maximum absolute atomic E-state index is 4.48. The van der Waals surface area contributed by atoms with Crippen LogP contribution in [0.4, 0.5) is 0 Å². The van der Waals surface area contributed by atoms with E-state index in [0.717, 1.165) is 35.2 Å². The fraction of sp³-hybridized carbons (Fsp3) is 0.556. The number of hydrogen-bond acceptors (Lipinski definition) is 4. The second-order valence-corrected chi connectivity index (χ2v) is 4.34. The highest BCUT2D eigenvalue weighted by Crippen LogP contribution is 2.13. The highest BCUT2D eigenvalue weighted by Gasteiger charge is 2.04. The van der Waals surface area contributed by atoms with Gasteiger partial charge in [0.2, 0.25) is 4.96 Å². The van der Waals surface area contributed by atoms with E-state index in [2.05, 4.69) is 22.3 Å². The van der Waals surface area contributed by atoms with E-state index in [1.54, 1.807) is 11.3 Å². The molecular formula is C9H14N4S. The minimum atomic E-state index is 0.975. The molecule has 0 aliphatic rings. The molecule has 76 valence electrons. The Morgan fingerprint density at radius 2 is 2.43 bits per heavy atom. The maximum Gasteiger partial charge on any atom is 0.212 e. The minimum absolute atomic E-state index is 0.975. The van der Waals surface area contributed by atoms with Crippen molar-refractivity contribution in [1.29, 1.82) is 0 Å². The number of likely N-dealkylation sites (N-methyl/N-ethyl adjacent to an activating group) is 1. The first-order valence-corrected chi connectivity index (χ1v) is 5.63. The lowest BCUT2D eigenvalue weighted by molar-refractivity contribution is 0.709. The first kappa shape index (κ1) is 9.61. The van der Waals surface area contributed by atoms with E-state index in [0.29, 0.717) is 0 Å². The van der Waals surface area contributed by atoms with Gasteiger partial charge in [0.25, 0.3) is 0 Å². The molecule has 0 fully saturated rings. The van der Waals surface area contributed by atoms with Gasteiger partial charge in [0, 0.05) is 13.0 Å². The Hall–Kier alpha value is -0.940. The molecule has 2 heterocycles. The Kier molecular flexibility index (Phi) is 2.79. The molecule has 0 unspecified atom stereocenters. The van der Waals surface area contributed by atoms with Gasteiger partial charge in [0.1, 0.15) is 5.01 Å². The third-order valence-corrected chi connectivity index (χ3v) is 2.84. The Morgan fingerprint density at radius 1 is 1.57 bits per heavy atom. The first-order chi connectivity index (χ1) is 6.79. The van der Waals surface area contributed by atoms with Gasteiger partial charge in [-0.05, 0) is 13.5 Å². The summed E-state index contributed by atoms with van der Waals surface area (Å²) in [5.74, 6) is 0. The zero-order valence-electron chi connectivity index (χ0n) is 8.45. The van der Waals surface area contributed by atoms with E-state index in [1.807, 2.05) is 17.6 Å². The first-order valence-electron chi connectivity index (χ1n) is 4.82. The van der Waals surface area contributed by atoms with Crippen LogP contribution in [0.2, 0.25) is 0 Å². The van der Waals surface area contributed by atoms with Crippen LogP contribution in [0.5, 0.6) is 0 Å². The number of aryl methyl sites for hydroxylation is 1. The molecule has 2 aromatic rings. The molecular weight excluding hydrogens is 196 g/mol. The normalized spacial score (nSPS) is 11.3. The zero-order valence-corrected chi connectivity index (χ0v) is 9.27. The molecule has 0 amide bonds. The number of hydrogen-bond donors (Lipinski definition) is 1. The summed E-state index contributed by atoms with van der Waals surface area (Å²) in [5.41, 5.74) is 1.12. The zero-order chi connectivity index (χ0) is 9.97. The Balaban J connectivity index is 2.08. The van der Waals surface area contributed by atoms with Crippen LogP contribution in [0.1, 0.15) is 17.6 Å². The Morgan fingerprint density at radius 3 is 3.14 bits per heavy atom. The minimum Gasteiger partial charge on any atom is -0.317 e. The summed E-state index contributed by atoms with van der Waals surface area (Å²) < 4.78 is 1.86. The highest BCUT2D eigenvalue weighted by atomic mass is 32.1. The molecule has 0 radical (unpaired) electrons. The molecule has 2 aromatic heterocycles. The van der Waals surface area contributed by atoms with E-state index in [4.69, 9.17) is 0 Å². The van der Waals surface area contributed by atoms with Crippen LogP contribution in [-0.4, -0.2) is 27.7 Å². The quantitative estimate of drug-likeness (QED) is 0.772. The summed E-state index contributed by atoms with van der Waals surface area (Å²) in [6.45, 7) is 6.11. The second-order valence-electron chi connectivity index (χ2n) is 3.18. The average Bonchev–Trinajstić information content (AvgIpc) is 2.61. The van der Waals surface area contributed by atoms with Gasteiger partial charge < -0.3 is 5.32 Å². The average molecular weight is 210 g/mol. The molecule has 14 heavy (non-hydrogen) atoms. The van der Waals surface area contributed by atoms with Crippen molar-refractivity contribution in [2.24, 2.45) is 0 Å². The van der Waals surface area contributed by atoms with Crippen molar-refractivity contribution < 1.29 is 0 Å². The molecule has 5 heteroatoms. The number of imidazole rings is 1. The van der Waals surface area contributed by atoms with Crippen LogP contribution in [0.15, 0.2) is 6.20 Å². The van der Waals surface area contributed by atoms with Gasteiger partial charge in [-0.2, -0.15) is 5.10 Å². The monoisotopic (exact) mass is 210 g/mol. The molecule has 0 atom stereocenters. The van der Waals surface area contributed by atoms with Crippen molar-refractivity contribution in [2.45, 2.75) is 20.3 Å². The maximum atomic E-state index is 4.48. The topological polar surface area (TPSA) is 42.2 Å². The van der Waals surface area contributed by atoms with Crippen molar-refractivity contribution in [1.82, 2.24) is 19.9 Å². The van der Waals surface area contributed by atoms with Gasteiger partial charge in [0.15, 0.2) is 0 Å². The van der Waals surface area contributed by atoms with Gasteiger partial charge in [-0.25, -0.2) is 9.50 Å². The smallest absolute Gasteiger partial charge is 0.212 e. The molecule has 0 saturated heterocycles. The third-order valence-electron chi connectivity index (χ3n) is 2.00. The lowest BCUT2D eigenvalue weighted by atomic mass is 10.3. The summed E-state index contributed by atoms with van der Waals surface area (Å²) in [6.07, 6.45) is 2.99. The summed E-state index contributed by atoms with van der Waals surface area (Å²) in [7, 11) is 0. The van der Waals surface area contributed by atoms with Gasteiger partial charge >= 0.3 is 0 Å². The van der Waals surface area contributed by atoms with Gasteiger partial charge in [-0.1, -0.05) is 18.3 Å². The van der Waals surface area contributed by atoms with Crippen LogP contribution in [0.3, 0.4) is 0 Å². The summed E-state index contributed by atoms with van der Waals surface area (Å²) in [5, 5.41) is 8.65. The Labute approximate surface area is 87.0 Å². The summed E-state index contributed by atoms with van der Waals surface area (Å²) >= 11 is 1.63. The molecule has 0 saturated carbocycles. The number of rotatable bonds is 4. The predicted molar refractivity (Wildman–Crippen MR) is 57.8 cm³/mol. The molecule has 0 aromatic carbocycles. The fourth-order valence-electron chi connectivity index (χ4n) is 1.36. The molecule has 0 spiro atoms. The molecule has 4 nitrogen and oxygen atoms in total. The lowest BCUT2D eigenvalue weighted by Crippen LogP contribution is -2.16. The second kappa shape index (κ2) is 4.06. The molecule has 0 aliphatic heterocycles. The van der Waals surface area contributed by atoms with Crippen molar-refractivity contribution >= 4 is 16.3 Å². The molecule has 1 N–H and O–H groups in total. The van der Waals surface area contributed by atoms with Crippen LogP contribution in [-0.2, 0) is 6.42 Å². The standard InChI is InChI=1S/C9H14N4S/c1-3-10-5-4-8-6-13-9(11-8)14-7(2)12-13/h6,10H,3-5H2,1-2H3. The van der Waals surface area contributed by atoms with Crippen molar-refractivity contribution in [3.05, 3.63) is 16.9 Å². The van der Waals surface area contributed by atoms with Crippen molar-refractivity contribution in [3.63, 3.8) is 0 Å². The van der Waals surface area contributed by atoms with Crippen molar-refractivity contribution in [3.8, 4) is 0 Å². The number of fused-ring (bicyclic) bond motifs is 1. The van der Waals surface area contributed by atoms with Crippen molar-refractivity contribution in [2.75, 3.05) is 13.1 Å².